The first-order valence-electron chi connectivity index (χ1n) is 10.7. The van der Waals surface area contributed by atoms with Crippen LogP contribution < -0.4 is 5.32 Å². The standard InChI is InChI=1S/C23H26N6OS2/c1-4-23(2,3)14-8-9-15-16(12-24)21(32-18(15)11-14)26-19(30)13-31-22-27-20(28-29-22)17-7-5-6-10-25-17/h5-7,10,14H,4,8-9,11,13H2,1-3H3,(H,26,30)(H,27,28,29)/t14-/m1/s1. The number of aromatic nitrogens is 4. The van der Waals surface area contributed by atoms with Gasteiger partial charge in [-0.15, -0.1) is 16.4 Å². The summed E-state index contributed by atoms with van der Waals surface area (Å²) in [7, 11) is 0. The first kappa shape index (κ1) is 22.5. The number of carbonyl (C=O) groups excluding carboxylic acids is 1. The van der Waals surface area contributed by atoms with Crippen molar-refractivity contribution in [2.75, 3.05) is 11.1 Å². The smallest absolute Gasteiger partial charge is 0.235 e. The molecule has 166 valence electrons. The van der Waals surface area contributed by atoms with Crippen LogP contribution in [0.1, 0.15) is 49.6 Å². The zero-order valence-corrected chi connectivity index (χ0v) is 20.1. The molecule has 1 aliphatic carbocycles. The molecule has 0 saturated carbocycles. The number of rotatable bonds is 7. The highest BCUT2D eigenvalue weighted by atomic mass is 32.2. The number of nitrogens with one attached hydrogen (secondary N) is 2. The van der Waals surface area contributed by atoms with E-state index in [0.717, 1.165) is 31.2 Å². The van der Waals surface area contributed by atoms with E-state index in [1.54, 1.807) is 17.5 Å². The SMILES string of the molecule is CCC(C)(C)[C@@H]1CCc2c(sc(NC(=O)CSc3n[nH]c(-c4ccccn4)n3)c2C#N)C1. The van der Waals surface area contributed by atoms with Gasteiger partial charge >= 0.3 is 0 Å². The van der Waals surface area contributed by atoms with Gasteiger partial charge in [0.05, 0.1) is 11.3 Å². The molecular formula is C23H26N6OS2. The third-order valence-corrected chi connectivity index (χ3v) is 8.37. The van der Waals surface area contributed by atoms with Crippen LogP contribution in [0, 0.1) is 22.7 Å². The minimum Gasteiger partial charge on any atom is -0.316 e. The zero-order chi connectivity index (χ0) is 22.7. The molecule has 0 fully saturated rings. The molecule has 0 saturated heterocycles. The molecule has 2 N–H and O–H groups in total. The fourth-order valence-corrected chi connectivity index (χ4v) is 5.86. The van der Waals surface area contributed by atoms with Crippen molar-refractivity contribution in [3.05, 3.63) is 40.4 Å². The van der Waals surface area contributed by atoms with Crippen molar-refractivity contribution in [3.8, 4) is 17.6 Å². The summed E-state index contributed by atoms with van der Waals surface area (Å²) in [5.74, 6) is 1.16. The van der Waals surface area contributed by atoms with E-state index in [9.17, 15) is 10.1 Å². The molecule has 0 unspecified atom stereocenters. The highest BCUT2D eigenvalue weighted by molar-refractivity contribution is 7.99. The third-order valence-electron chi connectivity index (χ3n) is 6.35. The van der Waals surface area contributed by atoms with E-state index in [2.05, 4.69) is 52.3 Å². The van der Waals surface area contributed by atoms with Gasteiger partial charge in [0.1, 0.15) is 16.8 Å². The number of anilines is 1. The number of carbonyl (C=O) groups is 1. The molecule has 0 bridgehead atoms. The Bertz CT molecular complexity index is 1150. The number of hydrogen-bond donors (Lipinski definition) is 2. The highest BCUT2D eigenvalue weighted by Crippen LogP contribution is 2.45. The Morgan fingerprint density at radius 1 is 1.44 bits per heavy atom. The number of amides is 1. The Balaban J connectivity index is 1.40. The summed E-state index contributed by atoms with van der Waals surface area (Å²) in [5.41, 5.74) is 2.73. The van der Waals surface area contributed by atoms with Crippen LogP contribution in [0.3, 0.4) is 0 Å². The van der Waals surface area contributed by atoms with Crippen LogP contribution in [0.4, 0.5) is 5.00 Å². The van der Waals surface area contributed by atoms with Crippen LogP contribution >= 0.6 is 23.1 Å². The van der Waals surface area contributed by atoms with E-state index in [0.29, 0.717) is 33.2 Å². The van der Waals surface area contributed by atoms with E-state index < -0.39 is 0 Å². The lowest BCUT2D eigenvalue weighted by molar-refractivity contribution is -0.113. The minimum absolute atomic E-state index is 0.165. The van der Waals surface area contributed by atoms with Crippen LogP contribution in [-0.4, -0.2) is 31.8 Å². The van der Waals surface area contributed by atoms with Crippen LogP contribution in [0.5, 0.6) is 0 Å². The Kier molecular flexibility index (Phi) is 6.63. The molecule has 1 atom stereocenters. The van der Waals surface area contributed by atoms with Crippen molar-refractivity contribution in [3.63, 3.8) is 0 Å². The first-order valence-corrected chi connectivity index (χ1v) is 12.5. The van der Waals surface area contributed by atoms with Crippen molar-refractivity contribution in [1.29, 1.82) is 5.26 Å². The van der Waals surface area contributed by atoms with E-state index in [4.69, 9.17) is 0 Å². The van der Waals surface area contributed by atoms with Gasteiger partial charge in [-0.05, 0) is 48.3 Å². The summed E-state index contributed by atoms with van der Waals surface area (Å²) >= 11 is 2.81. The fourth-order valence-electron chi connectivity index (χ4n) is 3.97. The predicted octanol–water partition coefficient (Wildman–Crippen LogP) is 5.07. The van der Waals surface area contributed by atoms with Gasteiger partial charge in [0.2, 0.25) is 11.1 Å². The van der Waals surface area contributed by atoms with Crippen molar-refractivity contribution in [1.82, 2.24) is 20.2 Å². The van der Waals surface area contributed by atoms with Crippen LogP contribution in [0.15, 0.2) is 29.6 Å². The minimum atomic E-state index is -0.167. The monoisotopic (exact) mass is 466 g/mol. The number of nitriles is 1. The summed E-state index contributed by atoms with van der Waals surface area (Å²) in [6.07, 6.45) is 5.80. The van der Waals surface area contributed by atoms with Gasteiger partial charge in [-0.1, -0.05) is 45.0 Å². The summed E-state index contributed by atoms with van der Waals surface area (Å²) in [6, 6.07) is 7.88. The Labute approximate surface area is 196 Å². The molecule has 0 radical (unpaired) electrons. The number of hydrogen-bond acceptors (Lipinski definition) is 7. The zero-order valence-electron chi connectivity index (χ0n) is 18.4. The average Bonchev–Trinajstić information content (AvgIpc) is 3.42. The quantitative estimate of drug-likeness (QED) is 0.471. The number of pyridine rings is 1. The largest absolute Gasteiger partial charge is 0.316 e. The second-order valence-corrected chi connectivity index (χ2v) is 10.7. The molecule has 1 amide bonds. The molecule has 1 aliphatic rings. The fraction of sp³-hybridized carbons (Fsp3) is 0.435. The molecule has 0 aliphatic heterocycles. The molecular weight excluding hydrogens is 440 g/mol. The third kappa shape index (κ3) is 4.71. The second kappa shape index (κ2) is 9.43. The van der Waals surface area contributed by atoms with Crippen LogP contribution in [0.2, 0.25) is 0 Å². The lowest BCUT2D eigenvalue weighted by Crippen LogP contribution is -2.28. The maximum absolute atomic E-state index is 12.6. The Morgan fingerprint density at radius 3 is 3.00 bits per heavy atom. The summed E-state index contributed by atoms with van der Waals surface area (Å²) in [5, 5.41) is 20.8. The van der Waals surface area contributed by atoms with Crippen molar-refractivity contribution in [2.24, 2.45) is 11.3 Å². The van der Waals surface area contributed by atoms with Gasteiger partial charge in [-0.25, -0.2) is 0 Å². The van der Waals surface area contributed by atoms with Crippen molar-refractivity contribution < 1.29 is 4.79 Å². The number of aromatic amines is 1. The number of fused-ring (bicyclic) bond motifs is 1. The van der Waals surface area contributed by atoms with Crippen molar-refractivity contribution >= 4 is 34.0 Å². The molecule has 7 nitrogen and oxygen atoms in total. The maximum atomic E-state index is 12.6. The van der Waals surface area contributed by atoms with E-state index in [1.165, 1.54) is 16.6 Å². The van der Waals surface area contributed by atoms with Gasteiger partial charge in [0.25, 0.3) is 0 Å². The second-order valence-electron chi connectivity index (χ2n) is 8.62. The van der Waals surface area contributed by atoms with Crippen molar-refractivity contribution in [2.45, 2.75) is 51.6 Å². The normalized spacial score (nSPS) is 15.8. The molecule has 4 rings (SSSR count). The van der Waals surface area contributed by atoms with E-state index >= 15 is 0 Å². The first-order chi connectivity index (χ1) is 15.4. The predicted molar refractivity (Wildman–Crippen MR) is 128 cm³/mol. The molecule has 3 aromatic heterocycles. The molecule has 9 heteroatoms. The summed E-state index contributed by atoms with van der Waals surface area (Å²) < 4.78 is 0. The van der Waals surface area contributed by atoms with E-state index in [-0.39, 0.29) is 17.1 Å². The summed E-state index contributed by atoms with van der Waals surface area (Å²) in [4.78, 5) is 22.5. The highest BCUT2D eigenvalue weighted by Gasteiger charge is 2.34. The summed E-state index contributed by atoms with van der Waals surface area (Å²) in [6.45, 7) is 6.88. The lowest BCUT2D eigenvalue weighted by Gasteiger charge is -2.36. The average molecular weight is 467 g/mol. The van der Waals surface area contributed by atoms with Crippen LogP contribution in [0.25, 0.3) is 11.5 Å². The number of H-pyrrole nitrogens is 1. The number of nitrogens with zero attached hydrogens (tertiary/aromatic N) is 4. The molecule has 0 spiro atoms. The maximum Gasteiger partial charge on any atom is 0.235 e. The molecule has 32 heavy (non-hydrogen) atoms. The van der Waals surface area contributed by atoms with Crippen LogP contribution in [-0.2, 0) is 17.6 Å². The molecule has 0 aromatic carbocycles. The van der Waals surface area contributed by atoms with Gasteiger partial charge in [0, 0.05) is 11.1 Å². The topological polar surface area (TPSA) is 107 Å². The van der Waals surface area contributed by atoms with Gasteiger partial charge in [0.15, 0.2) is 5.82 Å². The van der Waals surface area contributed by atoms with E-state index in [1.807, 2.05) is 18.2 Å². The van der Waals surface area contributed by atoms with Gasteiger partial charge < -0.3 is 5.32 Å². The van der Waals surface area contributed by atoms with Gasteiger partial charge in [-0.3, -0.25) is 14.9 Å². The Morgan fingerprint density at radius 2 is 2.28 bits per heavy atom. The Hall–Kier alpha value is -2.70. The molecule has 3 aromatic rings. The van der Waals surface area contributed by atoms with Gasteiger partial charge in [-0.2, -0.15) is 10.2 Å². The molecule has 3 heterocycles. The number of thiophene rings is 1. The lowest BCUT2D eigenvalue weighted by atomic mass is 9.69. The number of thioether (sulfide) groups is 1.